The highest BCUT2D eigenvalue weighted by Gasteiger charge is 2.30. The van der Waals surface area contributed by atoms with E-state index >= 15 is 0 Å². The molecule has 0 bridgehead atoms. The number of unbranched alkanes of at least 4 members (excludes halogenated alkanes) is 1. The summed E-state index contributed by atoms with van der Waals surface area (Å²) in [6, 6.07) is 0.166. The topological polar surface area (TPSA) is 55.6 Å². The van der Waals surface area contributed by atoms with Crippen LogP contribution in [-0.2, 0) is 9.53 Å². The van der Waals surface area contributed by atoms with E-state index in [4.69, 9.17) is 5.73 Å². The number of hydrogen-bond acceptors (Lipinski definition) is 4. The van der Waals surface area contributed by atoms with Crippen LogP contribution in [0.4, 0.5) is 0 Å². The van der Waals surface area contributed by atoms with Crippen molar-refractivity contribution >= 4 is 5.97 Å². The van der Waals surface area contributed by atoms with Crippen LogP contribution in [0.15, 0.2) is 0 Å². The summed E-state index contributed by atoms with van der Waals surface area (Å²) in [5.41, 5.74) is 5.75. The molecule has 4 nitrogen and oxygen atoms in total. The van der Waals surface area contributed by atoms with Gasteiger partial charge in [-0.05, 0) is 25.8 Å². The third-order valence-corrected chi connectivity index (χ3v) is 2.80. The number of methoxy groups -OCH3 is 1. The van der Waals surface area contributed by atoms with Crippen LogP contribution in [0.25, 0.3) is 0 Å². The molecule has 1 saturated carbocycles. The zero-order chi connectivity index (χ0) is 11.3. The van der Waals surface area contributed by atoms with E-state index in [1.165, 1.54) is 32.8 Å². The second-order valence-electron chi connectivity index (χ2n) is 4.21. The van der Waals surface area contributed by atoms with Crippen LogP contribution in [0.5, 0.6) is 0 Å². The molecule has 2 N–H and O–H groups in total. The zero-order valence-corrected chi connectivity index (χ0v) is 9.74. The highest BCUT2D eigenvalue weighted by Crippen LogP contribution is 2.27. The minimum atomic E-state index is -0.493. The summed E-state index contributed by atoms with van der Waals surface area (Å²) in [7, 11) is 1.38. The van der Waals surface area contributed by atoms with E-state index in [1.807, 2.05) is 0 Å². The van der Waals surface area contributed by atoms with Gasteiger partial charge in [-0.15, -0.1) is 0 Å². The molecular weight excluding hydrogens is 192 g/mol. The fourth-order valence-electron chi connectivity index (χ4n) is 1.70. The van der Waals surface area contributed by atoms with Gasteiger partial charge in [-0.25, -0.2) is 0 Å². The second-order valence-corrected chi connectivity index (χ2v) is 4.21. The smallest absolute Gasteiger partial charge is 0.323 e. The van der Waals surface area contributed by atoms with Gasteiger partial charge in [0.15, 0.2) is 0 Å². The number of nitrogens with zero attached hydrogens (tertiary/aromatic N) is 1. The summed E-state index contributed by atoms with van der Waals surface area (Å²) in [4.78, 5) is 13.5. The molecule has 0 aliphatic heterocycles. The number of hydrogen-bond donors (Lipinski definition) is 1. The van der Waals surface area contributed by atoms with E-state index in [9.17, 15) is 4.79 Å². The van der Waals surface area contributed by atoms with Crippen LogP contribution in [0.1, 0.15) is 32.6 Å². The molecule has 0 heterocycles. The Bertz CT molecular complexity index is 205. The van der Waals surface area contributed by atoms with E-state index in [0.717, 1.165) is 6.54 Å². The molecule has 0 aromatic carbocycles. The van der Waals surface area contributed by atoms with Gasteiger partial charge in [-0.2, -0.15) is 0 Å². The summed E-state index contributed by atoms with van der Waals surface area (Å²) in [6.45, 7) is 3.86. The van der Waals surface area contributed by atoms with Crippen molar-refractivity contribution in [1.82, 2.24) is 4.90 Å². The highest BCUT2D eigenvalue weighted by molar-refractivity contribution is 5.75. The van der Waals surface area contributed by atoms with Gasteiger partial charge in [0.1, 0.15) is 6.04 Å². The van der Waals surface area contributed by atoms with Gasteiger partial charge in [0.05, 0.1) is 7.11 Å². The number of carbonyl (C=O) groups is 1. The summed E-state index contributed by atoms with van der Waals surface area (Å²) < 4.78 is 4.63. The van der Waals surface area contributed by atoms with Crippen molar-refractivity contribution < 1.29 is 9.53 Å². The van der Waals surface area contributed by atoms with Crippen LogP contribution in [0.3, 0.4) is 0 Å². The van der Waals surface area contributed by atoms with Crippen molar-refractivity contribution in [2.24, 2.45) is 5.73 Å². The van der Waals surface area contributed by atoms with E-state index in [-0.39, 0.29) is 5.97 Å². The molecule has 4 heteroatoms. The Balaban J connectivity index is 2.32. The van der Waals surface area contributed by atoms with Crippen LogP contribution in [0, 0.1) is 0 Å². The quantitative estimate of drug-likeness (QED) is 0.635. The minimum absolute atomic E-state index is 0.308. The standard InChI is InChI=1S/C11H22N2O2/c1-3-4-7-13(9-5-6-9)8-10(12)11(14)15-2/h9-10H,3-8,12H2,1-2H3. The predicted molar refractivity (Wildman–Crippen MR) is 59.5 cm³/mol. The number of ether oxygens (including phenoxy) is 1. The zero-order valence-electron chi connectivity index (χ0n) is 9.74. The van der Waals surface area contributed by atoms with Gasteiger partial charge in [0, 0.05) is 12.6 Å². The third-order valence-electron chi connectivity index (χ3n) is 2.80. The monoisotopic (exact) mass is 214 g/mol. The highest BCUT2D eigenvalue weighted by atomic mass is 16.5. The first kappa shape index (κ1) is 12.5. The van der Waals surface area contributed by atoms with Crippen molar-refractivity contribution in [2.45, 2.75) is 44.7 Å². The molecular formula is C11H22N2O2. The molecule has 88 valence electrons. The molecule has 1 rings (SSSR count). The Hall–Kier alpha value is -0.610. The average Bonchev–Trinajstić information content (AvgIpc) is 3.06. The van der Waals surface area contributed by atoms with Gasteiger partial charge >= 0.3 is 5.97 Å². The number of esters is 1. The molecule has 0 aromatic heterocycles. The van der Waals surface area contributed by atoms with Gasteiger partial charge < -0.3 is 10.5 Å². The van der Waals surface area contributed by atoms with Crippen molar-refractivity contribution in [3.8, 4) is 0 Å². The maximum Gasteiger partial charge on any atom is 0.323 e. The molecule has 0 amide bonds. The summed E-state index contributed by atoms with van der Waals surface area (Å²) in [6.07, 6.45) is 4.84. The van der Waals surface area contributed by atoms with Crippen molar-refractivity contribution in [2.75, 3.05) is 20.2 Å². The fraction of sp³-hybridized carbons (Fsp3) is 0.909. The lowest BCUT2D eigenvalue weighted by Crippen LogP contribution is -2.44. The molecule has 1 unspecified atom stereocenters. The maximum absolute atomic E-state index is 11.2. The third kappa shape index (κ3) is 4.18. The van der Waals surface area contributed by atoms with E-state index in [0.29, 0.717) is 12.6 Å². The normalized spacial score (nSPS) is 17.9. The van der Waals surface area contributed by atoms with Crippen LogP contribution < -0.4 is 5.73 Å². The summed E-state index contributed by atoms with van der Waals surface area (Å²) in [5, 5.41) is 0. The molecule has 1 aliphatic carbocycles. The first-order valence-corrected chi connectivity index (χ1v) is 5.76. The van der Waals surface area contributed by atoms with Gasteiger partial charge in [-0.1, -0.05) is 13.3 Å². The summed E-state index contributed by atoms with van der Waals surface area (Å²) >= 11 is 0. The molecule has 0 aromatic rings. The Morgan fingerprint density at radius 2 is 2.27 bits per heavy atom. The van der Waals surface area contributed by atoms with E-state index in [2.05, 4.69) is 16.6 Å². The van der Waals surface area contributed by atoms with Crippen molar-refractivity contribution in [3.63, 3.8) is 0 Å². The fourth-order valence-corrected chi connectivity index (χ4v) is 1.70. The number of carbonyl (C=O) groups excluding carboxylic acids is 1. The van der Waals surface area contributed by atoms with Crippen LogP contribution >= 0.6 is 0 Å². The predicted octanol–water partition coefficient (Wildman–Crippen LogP) is 0.751. The summed E-state index contributed by atoms with van der Waals surface area (Å²) in [5.74, 6) is -0.308. The van der Waals surface area contributed by atoms with E-state index < -0.39 is 6.04 Å². The second kappa shape index (κ2) is 6.08. The van der Waals surface area contributed by atoms with E-state index in [1.54, 1.807) is 0 Å². The molecule has 1 atom stereocenters. The molecule has 0 radical (unpaired) electrons. The molecule has 0 saturated heterocycles. The Labute approximate surface area is 91.8 Å². The van der Waals surface area contributed by atoms with Gasteiger partial charge in [0.25, 0.3) is 0 Å². The van der Waals surface area contributed by atoms with Crippen LogP contribution in [0.2, 0.25) is 0 Å². The maximum atomic E-state index is 11.2. The SMILES string of the molecule is CCCCN(CC(N)C(=O)OC)C1CC1. The lowest BCUT2D eigenvalue weighted by atomic mass is 10.2. The minimum Gasteiger partial charge on any atom is -0.468 e. The average molecular weight is 214 g/mol. The molecule has 1 fully saturated rings. The van der Waals surface area contributed by atoms with Gasteiger partial charge in [0.2, 0.25) is 0 Å². The van der Waals surface area contributed by atoms with Crippen molar-refractivity contribution in [1.29, 1.82) is 0 Å². The Morgan fingerprint density at radius 3 is 2.73 bits per heavy atom. The number of nitrogens with two attached hydrogens (primary N) is 1. The Kier molecular flexibility index (Phi) is 5.05. The molecule has 1 aliphatic rings. The first-order chi connectivity index (χ1) is 7.19. The molecule has 0 spiro atoms. The number of rotatable bonds is 7. The largest absolute Gasteiger partial charge is 0.468 e. The lowest BCUT2D eigenvalue weighted by Gasteiger charge is -2.24. The lowest BCUT2D eigenvalue weighted by molar-refractivity contribution is -0.142. The Morgan fingerprint density at radius 1 is 1.60 bits per heavy atom. The molecule has 15 heavy (non-hydrogen) atoms. The van der Waals surface area contributed by atoms with Gasteiger partial charge in [-0.3, -0.25) is 9.69 Å². The first-order valence-electron chi connectivity index (χ1n) is 5.76. The van der Waals surface area contributed by atoms with Crippen molar-refractivity contribution in [3.05, 3.63) is 0 Å². The van der Waals surface area contributed by atoms with Crippen LogP contribution in [-0.4, -0.2) is 43.2 Å².